The highest BCUT2D eigenvalue weighted by Crippen LogP contribution is 2.40. The van der Waals surface area contributed by atoms with E-state index in [1.165, 1.54) is 31.6 Å². The fraction of sp³-hybridized carbons (Fsp3) is 0.286. The van der Waals surface area contributed by atoms with Crippen LogP contribution in [0.2, 0.25) is 0 Å². The van der Waals surface area contributed by atoms with Crippen LogP contribution in [0, 0.1) is 0 Å². The van der Waals surface area contributed by atoms with Crippen molar-refractivity contribution in [2.45, 2.75) is 19.9 Å². The highest BCUT2D eigenvalue weighted by Gasteiger charge is 2.18. The lowest BCUT2D eigenvalue weighted by molar-refractivity contribution is -0.116. The molecular formula is C21H25N5O4. The van der Waals surface area contributed by atoms with Gasteiger partial charge >= 0.3 is 0 Å². The van der Waals surface area contributed by atoms with E-state index >= 15 is 0 Å². The Morgan fingerprint density at radius 3 is 2.23 bits per heavy atom. The monoisotopic (exact) mass is 411 g/mol. The summed E-state index contributed by atoms with van der Waals surface area (Å²) >= 11 is 0. The van der Waals surface area contributed by atoms with Crippen LogP contribution in [-0.4, -0.2) is 42.0 Å². The Balaban J connectivity index is 1.80. The first-order chi connectivity index (χ1) is 14.5. The minimum absolute atomic E-state index is 0.0706. The fourth-order valence-corrected chi connectivity index (χ4v) is 2.96. The first-order valence-corrected chi connectivity index (χ1v) is 9.38. The molecule has 9 heteroatoms. The highest BCUT2D eigenvalue weighted by molar-refractivity contribution is 5.90. The molecule has 2 aromatic carbocycles. The summed E-state index contributed by atoms with van der Waals surface area (Å²) < 4.78 is 17.4. The lowest BCUT2D eigenvalue weighted by Gasteiger charge is -2.12. The van der Waals surface area contributed by atoms with Gasteiger partial charge in [-0.3, -0.25) is 4.79 Å². The summed E-state index contributed by atoms with van der Waals surface area (Å²) in [5.41, 5.74) is 8.50. The number of carbonyl (C=O) groups excluding carboxylic acids is 1. The number of nitrogens with zero attached hydrogens (tertiary/aromatic N) is 3. The molecule has 0 aliphatic carbocycles. The summed E-state index contributed by atoms with van der Waals surface area (Å²) in [5, 5.41) is 7.19. The average molecular weight is 411 g/mol. The second kappa shape index (κ2) is 9.17. The van der Waals surface area contributed by atoms with E-state index in [1.807, 2.05) is 24.3 Å². The van der Waals surface area contributed by atoms with Crippen molar-refractivity contribution < 1.29 is 19.0 Å². The standard InChI is InChI=1S/C21H25N5O4/c1-5-13-6-8-15(9-7-13)23-18(27)12-26-21(22)24-20(25-26)14-10-16(28-2)19(30-4)17(11-14)29-3/h6-11H,5,12H2,1-4H3,(H,23,27)(H2,22,24,25). The van der Waals surface area contributed by atoms with Crippen molar-refractivity contribution in [1.82, 2.24) is 14.8 Å². The van der Waals surface area contributed by atoms with Crippen LogP contribution >= 0.6 is 0 Å². The summed E-state index contributed by atoms with van der Waals surface area (Å²) in [6.07, 6.45) is 0.938. The first kappa shape index (κ1) is 21.0. The van der Waals surface area contributed by atoms with Crippen molar-refractivity contribution in [2.75, 3.05) is 32.4 Å². The van der Waals surface area contributed by atoms with Crippen LogP contribution < -0.4 is 25.3 Å². The zero-order valence-electron chi connectivity index (χ0n) is 17.4. The quantitative estimate of drug-likeness (QED) is 0.586. The van der Waals surface area contributed by atoms with E-state index in [0.717, 1.165) is 6.42 Å². The van der Waals surface area contributed by atoms with Gasteiger partial charge in [-0.2, -0.15) is 4.98 Å². The van der Waals surface area contributed by atoms with Crippen LogP contribution in [-0.2, 0) is 17.8 Å². The molecule has 0 radical (unpaired) electrons. The smallest absolute Gasteiger partial charge is 0.246 e. The molecule has 0 aliphatic heterocycles. The first-order valence-electron chi connectivity index (χ1n) is 9.38. The molecule has 3 N–H and O–H groups in total. The summed E-state index contributed by atoms with van der Waals surface area (Å²) in [4.78, 5) is 16.7. The van der Waals surface area contributed by atoms with Gasteiger partial charge in [-0.25, -0.2) is 4.68 Å². The molecular weight excluding hydrogens is 386 g/mol. The molecule has 3 rings (SSSR count). The number of benzene rings is 2. The lowest BCUT2D eigenvalue weighted by Crippen LogP contribution is -2.20. The number of nitrogens with one attached hydrogen (secondary N) is 1. The number of carbonyl (C=O) groups is 1. The van der Waals surface area contributed by atoms with E-state index in [2.05, 4.69) is 22.3 Å². The molecule has 0 fully saturated rings. The number of amides is 1. The van der Waals surface area contributed by atoms with Gasteiger partial charge in [-0.1, -0.05) is 19.1 Å². The third kappa shape index (κ3) is 4.45. The number of methoxy groups -OCH3 is 3. The van der Waals surface area contributed by atoms with Crippen molar-refractivity contribution in [3.63, 3.8) is 0 Å². The van der Waals surface area contributed by atoms with Crippen LogP contribution in [0.4, 0.5) is 11.6 Å². The Bertz CT molecular complexity index is 1010. The Morgan fingerprint density at radius 1 is 1.07 bits per heavy atom. The Morgan fingerprint density at radius 2 is 1.70 bits per heavy atom. The van der Waals surface area contributed by atoms with Gasteiger partial charge in [0.1, 0.15) is 6.54 Å². The zero-order chi connectivity index (χ0) is 21.7. The normalized spacial score (nSPS) is 10.5. The molecule has 1 heterocycles. The second-order valence-electron chi connectivity index (χ2n) is 6.46. The van der Waals surface area contributed by atoms with Gasteiger partial charge in [0.15, 0.2) is 17.3 Å². The molecule has 0 bridgehead atoms. The number of nitrogen functional groups attached to an aromatic ring is 1. The number of hydrogen-bond acceptors (Lipinski definition) is 7. The predicted molar refractivity (Wildman–Crippen MR) is 114 cm³/mol. The number of hydrogen-bond donors (Lipinski definition) is 2. The number of aromatic nitrogens is 3. The summed E-state index contributed by atoms with van der Waals surface area (Å²) in [5.74, 6) is 1.60. The van der Waals surface area contributed by atoms with E-state index in [1.54, 1.807) is 12.1 Å². The van der Waals surface area contributed by atoms with Crippen LogP contribution in [0.3, 0.4) is 0 Å². The topological polar surface area (TPSA) is 114 Å². The van der Waals surface area contributed by atoms with Crippen LogP contribution in [0.5, 0.6) is 17.2 Å². The van der Waals surface area contributed by atoms with Gasteiger partial charge < -0.3 is 25.3 Å². The molecule has 1 aromatic heterocycles. The van der Waals surface area contributed by atoms with Gasteiger partial charge in [-0.15, -0.1) is 5.10 Å². The van der Waals surface area contributed by atoms with E-state index in [4.69, 9.17) is 19.9 Å². The van der Waals surface area contributed by atoms with Crippen molar-refractivity contribution in [3.05, 3.63) is 42.0 Å². The predicted octanol–water partition coefficient (Wildman–Crippen LogP) is 2.75. The number of anilines is 2. The summed E-state index contributed by atoms with van der Waals surface area (Å²) in [6.45, 7) is 2.01. The van der Waals surface area contributed by atoms with Crippen LogP contribution in [0.1, 0.15) is 12.5 Å². The number of aryl methyl sites for hydroxylation is 1. The largest absolute Gasteiger partial charge is 0.493 e. The molecule has 0 aliphatic rings. The minimum Gasteiger partial charge on any atom is -0.493 e. The number of nitrogens with two attached hydrogens (primary N) is 1. The second-order valence-corrected chi connectivity index (χ2v) is 6.46. The molecule has 0 saturated heterocycles. The highest BCUT2D eigenvalue weighted by atomic mass is 16.5. The molecule has 3 aromatic rings. The van der Waals surface area contributed by atoms with Crippen molar-refractivity contribution in [3.8, 4) is 28.6 Å². The molecule has 0 unspecified atom stereocenters. The van der Waals surface area contributed by atoms with Crippen LogP contribution in [0.25, 0.3) is 11.4 Å². The Labute approximate surface area is 174 Å². The van der Waals surface area contributed by atoms with Gasteiger partial charge in [-0.05, 0) is 36.2 Å². The number of ether oxygens (including phenoxy) is 3. The van der Waals surface area contributed by atoms with Gasteiger partial charge in [0.05, 0.1) is 21.3 Å². The summed E-state index contributed by atoms with van der Waals surface area (Å²) in [6, 6.07) is 11.1. The molecule has 0 spiro atoms. The third-order valence-electron chi connectivity index (χ3n) is 4.56. The SMILES string of the molecule is CCc1ccc(NC(=O)Cn2nc(-c3cc(OC)c(OC)c(OC)c3)nc2N)cc1. The molecule has 0 atom stereocenters. The van der Waals surface area contributed by atoms with Crippen molar-refractivity contribution in [1.29, 1.82) is 0 Å². The molecule has 1 amide bonds. The van der Waals surface area contributed by atoms with Crippen molar-refractivity contribution in [2.24, 2.45) is 0 Å². The molecule has 9 nitrogen and oxygen atoms in total. The maximum absolute atomic E-state index is 12.4. The minimum atomic E-state index is -0.257. The maximum Gasteiger partial charge on any atom is 0.246 e. The summed E-state index contributed by atoms with van der Waals surface area (Å²) in [7, 11) is 4.58. The average Bonchev–Trinajstić information content (AvgIpc) is 3.13. The fourth-order valence-electron chi connectivity index (χ4n) is 2.96. The molecule has 158 valence electrons. The molecule has 0 saturated carbocycles. The van der Waals surface area contributed by atoms with Gasteiger partial charge in [0.2, 0.25) is 17.6 Å². The van der Waals surface area contributed by atoms with E-state index in [-0.39, 0.29) is 18.4 Å². The third-order valence-corrected chi connectivity index (χ3v) is 4.56. The Hall–Kier alpha value is -3.75. The molecule has 30 heavy (non-hydrogen) atoms. The number of rotatable bonds is 8. The Kier molecular flexibility index (Phi) is 6.41. The van der Waals surface area contributed by atoms with Gasteiger partial charge in [0, 0.05) is 11.3 Å². The van der Waals surface area contributed by atoms with E-state index < -0.39 is 0 Å². The lowest BCUT2D eigenvalue weighted by atomic mass is 10.1. The van der Waals surface area contributed by atoms with Crippen molar-refractivity contribution >= 4 is 17.5 Å². The van der Waals surface area contributed by atoms with E-state index in [9.17, 15) is 4.79 Å². The van der Waals surface area contributed by atoms with Crippen LogP contribution in [0.15, 0.2) is 36.4 Å². The van der Waals surface area contributed by atoms with E-state index in [0.29, 0.717) is 34.3 Å². The zero-order valence-corrected chi connectivity index (χ0v) is 17.4. The van der Waals surface area contributed by atoms with Gasteiger partial charge in [0.25, 0.3) is 0 Å². The maximum atomic E-state index is 12.4.